The lowest BCUT2D eigenvalue weighted by atomic mass is 9.75. The first kappa shape index (κ1) is 15.3. The third-order valence-electron chi connectivity index (χ3n) is 5.10. The molecule has 3 heteroatoms. The molecule has 2 heterocycles. The molecule has 112 valence electrons. The number of aliphatic hydroxyl groups excluding tert-OH is 1. The maximum Gasteiger partial charge on any atom is 0.131 e. The van der Waals surface area contributed by atoms with Crippen LogP contribution in [0.3, 0.4) is 0 Å². The standard InChI is InChI=1S/C17H28N2O/c1-12(2)17(4,5)14-9-13(3)16(18-10-14)19-8-6-7-15(19)11-20/h9-10,12,15,20H,6-8,11H2,1-5H3/t15-/m0/s1. The van der Waals surface area contributed by atoms with Crippen LogP contribution in [0.1, 0.15) is 51.7 Å². The molecule has 1 saturated heterocycles. The van der Waals surface area contributed by atoms with Gasteiger partial charge in [0.2, 0.25) is 0 Å². The van der Waals surface area contributed by atoms with Crippen molar-refractivity contribution in [2.24, 2.45) is 5.92 Å². The molecule has 2 rings (SSSR count). The Bertz CT molecular complexity index is 468. The monoisotopic (exact) mass is 276 g/mol. The molecule has 1 aliphatic rings. The number of hydrogen-bond acceptors (Lipinski definition) is 3. The summed E-state index contributed by atoms with van der Waals surface area (Å²) in [5, 5.41) is 9.48. The largest absolute Gasteiger partial charge is 0.394 e. The highest BCUT2D eigenvalue weighted by Crippen LogP contribution is 2.34. The van der Waals surface area contributed by atoms with Crippen molar-refractivity contribution < 1.29 is 5.11 Å². The highest BCUT2D eigenvalue weighted by Gasteiger charge is 2.29. The molecular formula is C17H28N2O. The van der Waals surface area contributed by atoms with Gasteiger partial charge in [-0.25, -0.2) is 4.98 Å². The van der Waals surface area contributed by atoms with Crippen molar-refractivity contribution in [1.82, 2.24) is 4.98 Å². The number of hydrogen-bond donors (Lipinski definition) is 1. The number of rotatable bonds is 4. The van der Waals surface area contributed by atoms with Gasteiger partial charge >= 0.3 is 0 Å². The van der Waals surface area contributed by atoms with Gasteiger partial charge in [-0.1, -0.05) is 33.8 Å². The number of aromatic nitrogens is 1. The molecule has 1 N–H and O–H groups in total. The Balaban J connectivity index is 2.31. The Morgan fingerprint density at radius 2 is 2.15 bits per heavy atom. The summed E-state index contributed by atoms with van der Waals surface area (Å²) in [6.45, 7) is 12.4. The van der Waals surface area contributed by atoms with E-state index >= 15 is 0 Å². The smallest absolute Gasteiger partial charge is 0.131 e. The second kappa shape index (κ2) is 5.72. The van der Waals surface area contributed by atoms with Gasteiger partial charge in [0.1, 0.15) is 5.82 Å². The summed E-state index contributed by atoms with van der Waals surface area (Å²) >= 11 is 0. The number of nitrogens with zero attached hydrogens (tertiary/aromatic N) is 2. The van der Waals surface area contributed by atoms with Gasteiger partial charge in [0.15, 0.2) is 0 Å². The van der Waals surface area contributed by atoms with Crippen LogP contribution in [0.15, 0.2) is 12.3 Å². The minimum Gasteiger partial charge on any atom is -0.394 e. The van der Waals surface area contributed by atoms with Gasteiger partial charge in [0.05, 0.1) is 12.6 Å². The molecule has 1 fully saturated rings. The lowest BCUT2D eigenvalue weighted by molar-refractivity contribution is 0.266. The molecule has 20 heavy (non-hydrogen) atoms. The molecule has 0 spiro atoms. The second-order valence-corrected chi connectivity index (χ2v) is 6.91. The van der Waals surface area contributed by atoms with E-state index in [1.54, 1.807) is 0 Å². The Hall–Kier alpha value is -1.09. The number of aryl methyl sites for hydroxylation is 1. The van der Waals surface area contributed by atoms with Crippen LogP contribution in [0.5, 0.6) is 0 Å². The van der Waals surface area contributed by atoms with Crippen LogP contribution in [-0.4, -0.2) is 29.3 Å². The molecule has 0 amide bonds. The summed E-state index contributed by atoms with van der Waals surface area (Å²) in [7, 11) is 0. The molecule has 3 nitrogen and oxygen atoms in total. The van der Waals surface area contributed by atoms with E-state index in [0.29, 0.717) is 5.92 Å². The highest BCUT2D eigenvalue weighted by atomic mass is 16.3. The summed E-state index contributed by atoms with van der Waals surface area (Å²) < 4.78 is 0. The summed E-state index contributed by atoms with van der Waals surface area (Å²) in [4.78, 5) is 6.99. The van der Waals surface area contributed by atoms with Crippen molar-refractivity contribution in [3.63, 3.8) is 0 Å². The normalized spacial score (nSPS) is 19.9. The molecule has 1 aliphatic heterocycles. The summed E-state index contributed by atoms with van der Waals surface area (Å²) in [5.74, 6) is 1.62. The number of aliphatic hydroxyl groups is 1. The molecule has 0 aromatic carbocycles. The van der Waals surface area contributed by atoms with Gasteiger partial charge in [0, 0.05) is 12.7 Å². The third kappa shape index (κ3) is 2.69. The molecule has 1 atom stereocenters. The van der Waals surface area contributed by atoms with E-state index in [9.17, 15) is 5.11 Å². The van der Waals surface area contributed by atoms with Crippen LogP contribution in [0, 0.1) is 12.8 Å². The molecule has 0 unspecified atom stereocenters. The van der Waals surface area contributed by atoms with E-state index in [2.05, 4.69) is 45.6 Å². The fourth-order valence-electron chi connectivity index (χ4n) is 2.86. The predicted octanol–water partition coefficient (Wildman–Crippen LogP) is 3.28. The van der Waals surface area contributed by atoms with Crippen LogP contribution >= 0.6 is 0 Å². The van der Waals surface area contributed by atoms with Crippen molar-refractivity contribution in [3.05, 3.63) is 23.4 Å². The molecular weight excluding hydrogens is 248 g/mol. The number of pyridine rings is 1. The van der Waals surface area contributed by atoms with E-state index in [1.807, 2.05) is 6.20 Å². The molecule has 1 aromatic rings. The summed E-state index contributed by atoms with van der Waals surface area (Å²) in [5.41, 5.74) is 2.66. The van der Waals surface area contributed by atoms with Crippen LogP contribution < -0.4 is 4.90 Å². The van der Waals surface area contributed by atoms with Crippen LogP contribution in [-0.2, 0) is 5.41 Å². The van der Waals surface area contributed by atoms with E-state index in [0.717, 1.165) is 25.2 Å². The zero-order valence-electron chi connectivity index (χ0n) is 13.5. The fourth-order valence-corrected chi connectivity index (χ4v) is 2.86. The number of anilines is 1. The van der Waals surface area contributed by atoms with Crippen molar-refractivity contribution in [3.8, 4) is 0 Å². The Labute approximate surface area is 123 Å². The lowest BCUT2D eigenvalue weighted by Crippen LogP contribution is -2.33. The topological polar surface area (TPSA) is 36.4 Å². The summed E-state index contributed by atoms with van der Waals surface area (Å²) in [6, 6.07) is 2.51. The average molecular weight is 276 g/mol. The van der Waals surface area contributed by atoms with E-state index in [-0.39, 0.29) is 18.1 Å². The lowest BCUT2D eigenvalue weighted by Gasteiger charge is -2.31. The van der Waals surface area contributed by atoms with Gasteiger partial charge < -0.3 is 10.0 Å². The van der Waals surface area contributed by atoms with Crippen molar-refractivity contribution in [2.45, 2.75) is 58.9 Å². The molecule has 1 aromatic heterocycles. The van der Waals surface area contributed by atoms with Gasteiger partial charge in [0.25, 0.3) is 0 Å². The maximum absolute atomic E-state index is 9.48. The molecule has 0 radical (unpaired) electrons. The minimum absolute atomic E-state index is 0.137. The Kier molecular flexibility index (Phi) is 4.38. The third-order valence-corrected chi connectivity index (χ3v) is 5.10. The second-order valence-electron chi connectivity index (χ2n) is 6.91. The molecule has 0 bridgehead atoms. The van der Waals surface area contributed by atoms with Crippen LogP contribution in [0.4, 0.5) is 5.82 Å². The van der Waals surface area contributed by atoms with E-state index in [1.165, 1.54) is 11.1 Å². The Morgan fingerprint density at radius 1 is 1.45 bits per heavy atom. The SMILES string of the molecule is Cc1cc(C(C)(C)C(C)C)cnc1N1CCC[C@H]1CO. The zero-order valence-corrected chi connectivity index (χ0v) is 13.5. The van der Waals surface area contributed by atoms with Crippen LogP contribution in [0.2, 0.25) is 0 Å². The quantitative estimate of drug-likeness (QED) is 0.917. The van der Waals surface area contributed by atoms with Gasteiger partial charge in [-0.3, -0.25) is 0 Å². The van der Waals surface area contributed by atoms with Gasteiger partial charge in [-0.2, -0.15) is 0 Å². The first-order valence-electron chi connectivity index (χ1n) is 7.72. The highest BCUT2D eigenvalue weighted by molar-refractivity contribution is 5.50. The van der Waals surface area contributed by atoms with E-state index < -0.39 is 0 Å². The average Bonchev–Trinajstić information content (AvgIpc) is 2.86. The first-order valence-corrected chi connectivity index (χ1v) is 7.72. The Morgan fingerprint density at radius 3 is 2.70 bits per heavy atom. The fraction of sp³-hybridized carbons (Fsp3) is 0.706. The first-order chi connectivity index (χ1) is 9.37. The van der Waals surface area contributed by atoms with E-state index in [4.69, 9.17) is 4.98 Å². The predicted molar refractivity (Wildman–Crippen MR) is 84.3 cm³/mol. The van der Waals surface area contributed by atoms with Crippen LogP contribution in [0.25, 0.3) is 0 Å². The van der Waals surface area contributed by atoms with Crippen molar-refractivity contribution in [1.29, 1.82) is 0 Å². The molecule has 0 saturated carbocycles. The van der Waals surface area contributed by atoms with Gasteiger partial charge in [-0.05, 0) is 42.2 Å². The minimum atomic E-state index is 0.137. The summed E-state index contributed by atoms with van der Waals surface area (Å²) in [6.07, 6.45) is 4.23. The van der Waals surface area contributed by atoms with Crippen molar-refractivity contribution in [2.75, 3.05) is 18.1 Å². The van der Waals surface area contributed by atoms with Crippen molar-refractivity contribution >= 4 is 5.82 Å². The molecule has 0 aliphatic carbocycles. The van der Waals surface area contributed by atoms with Gasteiger partial charge in [-0.15, -0.1) is 0 Å². The zero-order chi connectivity index (χ0) is 14.9. The maximum atomic E-state index is 9.48.